The van der Waals surface area contributed by atoms with Crippen LogP contribution in [0.5, 0.6) is 0 Å². The van der Waals surface area contributed by atoms with E-state index in [2.05, 4.69) is 0 Å². The van der Waals surface area contributed by atoms with E-state index in [1.807, 2.05) is 0 Å². The lowest BCUT2D eigenvalue weighted by Gasteiger charge is -2.23. The van der Waals surface area contributed by atoms with E-state index in [-0.39, 0.29) is 12.2 Å². The van der Waals surface area contributed by atoms with Gasteiger partial charge in [-0.2, -0.15) is 0 Å². The number of likely N-dealkylation sites (N-methyl/N-ethyl adjacent to an activating group) is 1. The molecule has 0 aliphatic heterocycles. The molecule has 0 amide bonds. The van der Waals surface area contributed by atoms with Crippen molar-refractivity contribution in [3.8, 4) is 0 Å². The molecule has 1 rings (SSSR count). The lowest BCUT2D eigenvalue weighted by Crippen LogP contribution is -2.32. The molecule has 6 nitrogen and oxygen atoms in total. The molecule has 0 saturated carbocycles. The molecule has 6 heteroatoms. The van der Waals surface area contributed by atoms with Gasteiger partial charge in [0, 0.05) is 20.7 Å². The molecule has 1 unspecified atom stereocenters. The Bertz CT molecular complexity index is 423. The van der Waals surface area contributed by atoms with Crippen molar-refractivity contribution in [3.05, 3.63) is 23.8 Å². The van der Waals surface area contributed by atoms with Gasteiger partial charge in [-0.3, -0.25) is 0 Å². The van der Waals surface area contributed by atoms with Crippen molar-refractivity contribution in [1.82, 2.24) is 0 Å². The fraction of sp³-hybridized carbons (Fsp3) is 0.417. The number of carboxylic acids is 1. The van der Waals surface area contributed by atoms with Crippen LogP contribution in [0.1, 0.15) is 10.4 Å². The topological polar surface area (TPSA) is 96.0 Å². The van der Waals surface area contributed by atoms with Gasteiger partial charge in [0.25, 0.3) is 0 Å². The Morgan fingerprint density at radius 1 is 1.56 bits per heavy atom. The number of anilines is 2. The average molecular weight is 254 g/mol. The van der Waals surface area contributed by atoms with Crippen LogP contribution in [-0.4, -0.2) is 49.6 Å². The molecule has 0 heterocycles. The molecule has 0 aromatic heterocycles. The summed E-state index contributed by atoms with van der Waals surface area (Å²) < 4.78 is 4.84. The number of benzene rings is 1. The van der Waals surface area contributed by atoms with Crippen LogP contribution in [0.15, 0.2) is 18.2 Å². The first kappa shape index (κ1) is 14.3. The van der Waals surface area contributed by atoms with Crippen molar-refractivity contribution in [2.45, 2.75) is 6.10 Å². The molecule has 0 spiro atoms. The zero-order valence-electron chi connectivity index (χ0n) is 10.5. The van der Waals surface area contributed by atoms with Crippen molar-refractivity contribution >= 4 is 17.3 Å². The smallest absolute Gasteiger partial charge is 0.335 e. The third kappa shape index (κ3) is 3.61. The van der Waals surface area contributed by atoms with Gasteiger partial charge in [0.2, 0.25) is 0 Å². The summed E-state index contributed by atoms with van der Waals surface area (Å²) in [7, 11) is 3.28. The third-order valence-electron chi connectivity index (χ3n) is 2.53. The fourth-order valence-corrected chi connectivity index (χ4v) is 1.69. The number of aliphatic hydroxyl groups excluding tert-OH is 1. The second-order valence-electron chi connectivity index (χ2n) is 4.07. The molecule has 18 heavy (non-hydrogen) atoms. The lowest BCUT2D eigenvalue weighted by molar-refractivity contribution is 0.0691. The summed E-state index contributed by atoms with van der Waals surface area (Å²) >= 11 is 0. The summed E-state index contributed by atoms with van der Waals surface area (Å²) in [6.45, 7) is 0.585. The molecule has 0 fully saturated rings. The van der Waals surface area contributed by atoms with Crippen molar-refractivity contribution in [1.29, 1.82) is 0 Å². The Morgan fingerprint density at radius 3 is 2.72 bits per heavy atom. The highest BCUT2D eigenvalue weighted by Gasteiger charge is 2.12. The molecule has 0 radical (unpaired) electrons. The highest BCUT2D eigenvalue weighted by atomic mass is 16.5. The predicted octanol–water partition coefficient (Wildman–Crippen LogP) is 0.410. The number of carboxylic acid groups (broad SMARTS) is 1. The first-order valence-corrected chi connectivity index (χ1v) is 5.46. The van der Waals surface area contributed by atoms with Crippen molar-refractivity contribution in [2.75, 3.05) is 37.9 Å². The molecule has 1 aromatic carbocycles. The highest BCUT2D eigenvalue weighted by molar-refractivity contribution is 5.90. The number of aliphatic hydroxyl groups is 1. The number of methoxy groups -OCH3 is 1. The molecule has 0 saturated heterocycles. The van der Waals surface area contributed by atoms with Gasteiger partial charge in [-0.25, -0.2) is 4.79 Å². The van der Waals surface area contributed by atoms with Gasteiger partial charge in [0.15, 0.2) is 0 Å². The van der Waals surface area contributed by atoms with E-state index in [0.29, 0.717) is 17.9 Å². The SMILES string of the molecule is COCC(O)CN(C)c1ccc(C(=O)O)cc1N. The van der Waals surface area contributed by atoms with Crippen molar-refractivity contribution in [2.24, 2.45) is 0 Å². The maximum Gasteiger partial charge on any atom is 0.335 e. The monoisotopic (exact) mass is 254 g/mol. The lowest BCUT2D eigenvalue weighted by atomic mass is 10.1. The van der Waals surface area contributed by atoms with Gasteiger partial charge in [-0.1, -0.05) is 0 Å². The van der Waals surface area contributed by atoms with Gasteiger partial charge >= 0.3 is 5.97 Å². The largest absolute Gasteiger partial charge is 0.478 e. The van der Waals surface area contributed by atoms with Crippen LogP contribution in [0, 0.1) is 0 Å². The van der Waals surface area contributed by atoms with E-state index in [9.17, 15) is 9.90 Å². The van der Waals surface area contributed by atoms with Gasteiger partial charge in [-0.05, 0) is 18.2 Å². The summed E-state index contributed by atoms with van der Waals surface area (Å²) in [5, 5.41) is 18.4. The second-order valence-corrected chi connectivity index (χ2v) is 4.07. The minimum absolute atomic E-state index is 0.141. The first-order valence-electron chi connectivity index (χ1n) is 5.46. The van der Waals surface area contributed by atoms with Crippen molar-refractivity contribution < 1.29 is 19.7 Å². The highest BCUT2D eigenvalue weighted by Crippen LogP contribution is 2.23. The number of carbonyl (C=O) groups is 1. The Morgan fingerprint density at radius 2 is 2.22 bits per heavy atom. The van der Waals surface area contributed by atoms with Crippen LogP contribution in [0.3, 0.4) is 0 Å². The number of rotatable bonds is 6. The normalized spacial score (nSPS) is 12.2. The van der Waals surface area contributed by atoms with Gasteiger partial charge in [0.1, 0.15) is 0 Å². The number of hydrogen-bond acceptors (Lipinski definition) is 5. The Labute approximate surface area is 106 Å². The maximum atomic E-state index is 10.8. The van der Waals surface area contributed by atoms with Crippen LogP contribution < -0.4 is 10.6 Å². The molecule has 100 valence electrons. The minimum atomic E-state index is -1.02. The molecule has 1 aromatic rings. The number of hydrogen-bond donors (Lipinski definition) is 3. The number of aromatic carboxylic acids is 1. The summed E-state index contributed by atoms with van der Waals surface area (Å²) in [6.07, 6.45) is -0.626. The molecule has 0 aliphatic carbocycles. The van der Waals surface area contributed by atoms with Gasteiger partial charge < -0.3 is 25.6 Å². The standard InChI is InChI=1S/C12H18N2O4/c1-14(6-9(15)7-18-2)11-4-3-8(12(16)17)5-10(11)13/h3-5,9,15H,6-7,13H2,1-2H3,(H,16,17). The van der Waals surface area contributed by atoms with E-state index in [1.54, 1.807) is 18.0 Å². The molecular weight excluding hydrogens is 236 g/mol. The van der Waals surface area contributed by atoms with E-state index >= 15 is 0 Å². The van der Waals surface area contributed by atoms with Crippen molar-refractivity contribution in [3.63, 3.8) is 0 Å². The number of nitrogen functional groups attached to an aromatic ring is 1. The van der Waals surface area contributed by atoms with Crippen LogP contribution >= 0.6 is 0 Å². The maximum absolute atomic E-state index is 10.8. The zero-order chi connectivity index (χ0) is 13.7. The van der Waals surface area contributed by atoms with E-state index in [0.717, 1.165) is 0 Å². The molecular formula is C12H18N2O4. The van der Waals surface area contributed by atoms with Crippen LogP contribution in [0.2, 0.25) is 0 Å². The Hall–Kier alpha value is -1.79. The Balaban J connectivity index is 2.80. The van der Waals surface area contributed by atoms with E-state index in [1.165, 1.54) is 19.2 Å². The minimum Gasteiger partial charge on any atom is -0.478 e. The average Bonchev–Trinajstić information content (AvgIpc) is 2.28. The molecule has 0 bridgehead atoms. The van der Waals surface area contributed by atoms with Gasteiger partial charge in [-0.15, -0.1) is 0 Å². The third-order valence-corrected chi connectivity index (χ3v) is 2.53. The van der Waals surface area contributed by atoms with Gasteiger partial charge in [0.05, 0.1) is 29.6 Å². The predicted molar refractivity (Wildman–Crippen MR) is 69.0 cm³/mol. The summed E-state index contributed by atoms with van der Waals surface area (Å²) in [5.41, 5.74) is 6.97. The number of ether oxygens (including phenoxy) is 1. The zero-order valence-corrected chi connectivity index (χ0v) is 10.5. The first-order chi connectivity index (χ1) is 8.45. The summed E-state index contributed by atoms with van der Waals surface area (Å²) in [5.74, 6) is -1.02. The molecule has 1 atom stereocenters. The number of nitrogens with zero attached hydrogens (tertiary/aromatic N) is 1. The summed E-state index contributed by atoms with van der Waals surface area (Å²) in [6, 6.07) is 4.50. The fourth-order valence-electron chi connectivity index (χ4n) is 1.69. The quantitative estimate of drug-likeness (QED) is 0.636. The van der Waals surface area contributed by atoms with E-state index in [4.69, 9.17) is 15.6 Å². The number of nitrogens with two attached hydrogens (primary N) is 1. The Kier molecular flexibility index (Phi) is 4.94. The molecule has 4 N–H and O–H groups in total. The summed E-state index contributed by atoms with van der Waals surface area (Å²) in [4.78, 5) is 12.5. The second kappa shape index (κ2) is 6.23. The van der Waals surface area contributed by atoms with Crippen LogP contribution in [0.25, 0.3) is 0 Å². The van der Waals surface area contributed by atoms with E-state index < -0.39 is 12.1 Å². The molecule has 0 aliphatic rings. The van der Waals surface area contributed by atoms with Crippen LogP contribution in [0.4, 0.5) is 11.4 Å². The van der Waals surface area contributed by atoms with Crippen LogP contribution in [-0.2, 0) is 4.74 Å².